The van der Waals surface area contributed by atoms with Gasteiger partial charge < -0.3 is 0 Å². The molecule has 2 amide bonds. The maximum absolute atomic E-state index is 13.9. The maximum Gasteiger partial charge on any atom is 0.330 e. The molecule has 4 aromatic rings. The van der Waals surface area contributed by atoms with Gasteiger partial charge in [-0.25, -0.2) is 9.79 Å². The number of imide groups is 1. The van der Waals surface area contributed by atoms with E-state index in [1.54, 1.807) is 33.4 Å². The molecule has 7 nitrogen and oxygen atoms in total. The third-order valence-corrected chi connectivity index (χ3v) is 7.67. The molecule has 3 aromatic carbocycles. The summed E-state index contributed by atoms with van der Waals surface area (Å²) in [7, 11) is 0. The molecule has 7 heteroatoms. The van der Waals surface area contributed by atoms with Crippen molar-refractivity contribution in [2.45, 2.75) is 40.3 Å². The number of fused-ring (bicyclic) bond motifs is 4. The zero-order valence-electron chi connectivity index (χ0n) is 21.7. The maximum atomic E-state index is 13.9. The highest BCUT2D eigenvalue weighted by Gasteiger charge is 2.35. The summed E-state index contributed by atoms with van der Waals surface area (Å²) < 4.78 is 3.38. The fourth-order valence-electron chi connectivity index (χ4n) is 5.37. The average molecular weight is 505 g/mol. The SMILES string of the molecule is Cc1cc2c(cc1C)-c1cc(=Nc3ccccc3C)n(CCN3C(=O)c4ccccc4C3=O)c(=O)n1CC2. The first-order valence-corrected chi connectivity index (χ1v) is 12.8. The predicted octanol–water partition coefficient (Wildman–Crippen LogP) is 4.33. The van der Waals surface area contributed by atoms with Gasteiger partial charge in [-0.15, -0.1) is 0 Å². The summed E-state index contributed by atoms with van der Waals surface area (Å²) >= 11 is 0. The van der Waals surface area contributed by atoms with Gasteiger partial charge in [0.25, 0.3) is 11.8 Å². The van der Waals surface area contributed by atoms with E-state index >= 15 is 0 Å². The van der Waals surface area contributed by atoms with Gasteiger partial charge in [0.1, 0.15) is 5.49 Å². The minimum atomic E-state index is -0.332. The van der Waals surface area contributed by atoms with Crippen LogP contribution in [0.1, 0.15) is 43.0 Å². The van der Waals surface area contributed by atoms with Crippen LogP contribution < -0.4 is 11.2 Å². The van der Waals surface area contributed by atoms with Crippen LogP contribution in [0, 0.1) is 20.8 Å². The van der Waals surface area contributed by atoms with Crippen LogP contribution in [0.2, 0.25) is 0 Å². The van der Waals surface area contributed by atoms with E-state index in [0.717, 1.165) is 28.9 Å². The number of benzene rings is 3. The fraction of sp³-hybridized carbons (Fsp3) is 0.226. The molecule has 0 unspecified atom stereocenters. The molecule has 6 rings (SSSR count). The number of amides is 2. The number of nitrogens with zero attached hydrogens (tertiary/aromatic N) is 4. The summed E-state index contributed by atoms with van der Waals surface area (Å²) in [5, 5.41) is 0. The lowest BCUT2D eigenvalue weighted by molar-refractivity contribution is 0.0647. The lowest BCUT2D eigenvalue weighted by Gasteiger charge is -2.25. The fourth-order valence-corrected chi connectivity index (χ4v) is 5.37. The summed E-state index contributed by atoms with van der Waals surface area (Å²) in [5.74, 6) is -0.664. The quantitative estimate of drug-likeness (QED) is 0.388. The molecular weight excluding hydrogens is 476 g/mol. The molecule has 2 aliphatic heterocycles. The number of aryl methyl sites for hydroxylation is 4. The Kier molecular flexibility index (Phi) is 5.71. The third kappa shape index (κ3) is 3.82. The Bertz CT molecular complexity index is 1740. The minimum absolute atomic E-state index is 0.0801. The van der Waals surface area contributed by atoms with Crippen molar-refractivity contribution in [3.8, 4) is 11.3 Å². The predicted molar refractivity (Wildman–Crippen MR) is 146 cm³/mol. The number of para-hydroxylation sites is 1. The number of hydrogen-bond donors (Lipinski definition) is 0. The van der Waals surface area contributed by atoms with Crippen molar-refractivity contribution < 1.29 is 9.59 Å². The number of carbonyl (C=O) groups excluding carboxylic acids is 2. The number of carbonyl (C=O) groups is 2. The molecule has 0 spiro atoms. The Labute approximate surface area is 220 Å². The number of aromatic nitrogens is 2. The molecule has 0 atom stereocenters. The van der Waals surface area contributed by atoms with Crippen LogP contribution in [0.25, 0.3) is 11.3 Å². The Morgan fingerprint density at radius 2 is 1.39 bits per heavy atom. The highest BCUT2D eigenvalue weighted by atomic mass is 16.2. The van der Waals surface area contributed by atoms with Crippen LogP contribution in [0.5, 0.6) is 0 Å². The van der Waals surface area contributed by atoms with Crippen molar-refractivity contribution in [2.24, 2.45) is 4.99 Å². The largest absolute Gasteiger partial charge is 0.330 e. The normalized spacial score (nSPS) is 14.5. The van der Waals surface area contributed by atoms with E-state index < -0.39 is 0 Å². The second-order valence-electron chi connectivity index (χ2n) is 10.0. The van der Waals surface area contributed by atoms with E-state index in [-0.39, 0.29) is 30.6 Å². The molecule has 0 radical (unpaired) electrons. The summed E-state index contributed by atoms with van der Waals surface area (Å²) in [5.41, 5.74) is 8.36. The molecule has 0 aliphatic carbocycles. The minimum Gasteiger partial charge on any atom is -0.293 e. The summed E-state index contributed by atoms with van der Waals surface area (Å²) in [6.45, 7) is 6.95. The van der Waals surface area contributed by atoms with Crippen LogP contribution in [0.15, 0.2) is 76.5 Å². The Morgan fingerprint density at radius 3 is 2.11 bits per heavy atom. The topological polar surface area (TPSA) is 76.7 Å². The third-order valence-electron chi connectivity index (χ3n) is 7.67. The molecule has 0 bridgehead atoms. The molecule has 0 saturated heterocycles. The molecule has 0 saturated carbocycles. The monoisotopic (exact) mass is 504 g/mol. The first-order valence-electron chi connectivity index (χ1n) is 12.8. The van der Waals surface area contributed by atoms with Crippen molar-refractivity contribution >= 4 is 17.5 Å². The molecule has 0 N–H and O–H groups in total. The van der Waals surface area contributed by atoms with Gasteiger partial charge in [0, 0.05) is 31.3 Å². The van der Waals surface area contributed by atoms with Crippen LogP contribution in [0.4, 0.5) is 5.69 Å². The van der Waals surface area contributed by atoms with E-state index in [9.17, 15) is 14.4 Å². The van der Waals surface area contributed by atoms with Gasteiger partial charge in [0.2, 0.25) is 0 Å². The van der Waals surface area contributed by atoms with Crippen LogP contribution in [-0.2, 0) is 19.5 Å². The summed E-state index contributed by atoms with van der Waals surface area (Å²) in [4.78, 5) is 46.0. The van der Waals surface area contributed by atoms with Crippen molar-refractivity contribution in [3.05, 3.63) is 116 Å². The molecule has 38 heavy (non-hydrogen) atoms. The molecule has 3 heterocycles. The zero-order chi connectivity index (χ0) is 26.6. The van der Waals surface area contributed by atoms with E-state index in [4.69, 9.17) is 4.99 Å². The van der Waals surface area contributed by atoms with Gasteiger partial charge in [-0.1, -0.05) is 36.4 Å². The lowest BCUT2D eigenvalue weighted by Crippen LogP contribution is -2.45. The first-order chi connectivity index (χ1) is 18.3. The van der Waals surface area contributed by atoms with Crippen molar-refractivity contribution in [1.29, 1.82) is 0 Å². The summed E-state index contributed by atoms with van der Waals surface area (Å²) in [6, 6.07) is 20.9. The molecule has 2 aliphatic rings. The van der Waals surface area contributed by atoms with Crippen LogP contribution in [0.3, 0.4) is 0 Å². The second-order valence-corrected chi connectivity index (χ2v) is 10.0. The van der Waals surface area contributed by atoms with Crippen molar-refractivity contribution in [1.82, 2.24) is 14.0 Å². The lowest BCUT2D eigenvalue weighted by atomic mass is 9.93. The van der Waals surface area contributed by atoms with Gasteiger partial charge in [0.15, 0.2) is 0 Å². The molecule has 0 fully saturated rings. The van der Waals surface area contributed by atoms with E-state index in [1.807, 2.05) is 37.3 Å². The van der Waals surface area contributed by atoms with Crippen LogP contribution >= 0.6 is 0 Å². The highest BCUT2D eigenvalue weighted by Crippen LogP contribution is 2.30. The Morgan fingerprint density at radius 1 is 0.737 bits per heavy atom. The van der Waals surface area contributed by atoms with Gasteiger partial charge in [-0.2, -0.15) is 0 Å². The van der Waals surface area contributed by atoms with E-state index in [1.165, 1.54) is 21.6 Å². The summed E-state index contributed by atoms with van der Waals surface area (Å²) in [6.07, 6.45) is 0.760. The number of rotatable bonds is 4. The van der Waals surface area contributed by atoms with E-state index in [0.29, 0.717) is 23.2 Å². The molecular formula is C31H28N4O3. The Balaban J connectivity index is 1.48. The van der Waals surface area contributed by atoms with Gasteiger partial charge in [-0.05, 0) is 73.7 Å². The van der Waals surface area contributed by atoms with Gasteiger partial charge >= 0.3 is 5.69 Å². The van der Waals surface area contributed by atoms with Gasteiger partial charge in [-0.3, -0.25) is 23.6 Å². The highest BCUT2D eigenvalue weighted by molar-refractivity contribution is 6.21. The molecule has 1 aromatic heterocycles. The average Bonchev–Trinajstić information content (AvgIpc) is 3.15. The zero-order valence-corrected chi connectivity index (χ0v) is 21.7. The first kappa shape index (κ1) is 23.9. The Hall–Kier alpha value is -4.52. The van der Waals surface area contributed by atoms with Gasteiger partial charge in [0.05, 0.1) is 22.5 Å². The number of hydrogen-bond acceptors (Lipinski definition) is 4. The van der Waals surface area contributed by atoms with Crippen molar-refractivity contribution in [2.75, 3.05) is 6.54 Å². The smallest absolute Gasteiger partial charge is 0.293 e. The van der Waals surface area contributed by atoms with Crippen molar-refractivity contribution in [3.63, 3.8) is 0 Å². The second kappa shape index (κ2) is 9.10. The van der Waals surface area contributed by atoms with Crippen LogP contribution in [-0.4, -0.2) is 32.4 Å². The van der Waals surface area contributed by atoms with E-state index in [2.05, 4.69) is 26.0 Å². The molecule has 190 valence electrons. The standard InChI is InChI=1S/C31H28N4O3/c1-19-8-4-7-11-26(19)32-28-18-27-25-17-21(3)20(2)16-22(25)12-13-33(27)31(38)34(28)14-15-35-29(36)23-9-5-6-10-24(23)30(35)37/h4-11,16-18H,12-15H2,1-3H3.